The number of rotatable bonds is 2. The standard InChI is InChI=1S/C19H18N4/c1-14-7-4-5-10-23(14)18-12-16(13-20)11-17(15(18)2)19-21-8-6-9-22(19)3/h4-12H,1-3H3/q+2. The molecule has 2 aromatic heterocycles. The first kappa shape index (κ1) is 14.9. The van der Waals surface area contributed by atoms with Crippen molar-refractivity contribution >= 4 is 0 Å². The molecule has 0 aliphatic heterocycles. The van der Waals surface area contributed by atoms with Crippen molar-refractivity contribution in [1.29, 1.82) is 5.26 Å². The Labute approximate surface area is 135 Å². The number of nitrogens with zero attached hydrogens (tertiary/aromatic N) is 4. The molecule has 0 aliphatic carbocycles. The molecule has 3 aromatic rings. The Morgan fingerprint density at radius 3 is 2.61 bits per heavy atom. The number of aromatic nitrogens is 3. The van der Waals surface area contributed by atoms with Crippen LogP contribution in [0.15, 0.2) is 55.0 Å². The summed E-state index contributed by atoms with van der Waals surface area (Å²) in [6.07, 6.45) is 5.75. The SMILES string of the molecule is Cc1c(-c2nccc[n+]2C)cc(C#N)cc1-[n+]1ccccc1C. The highest BCUT2D eigenvalue weighted by Crippen LogP contribution is 2.24. The van der Waals surface area contributed by atoms with E-state index in [-0.39, 0.29) is 0 Å². The van der Waals surface area contributed by atoms with Crippen LogP contribution in [0.4, 0.5) is 0 Å². The van der Waals surface area contributed by atoms with Crippen LogP contribution in [0.5, 0.6) is 0 Å². The number of aryl methyl sites for hydroxylation is 2. The van der Waals surface area contributed by atoms with Crippen molar-refractivity contribution in [2.45, 2.75) is 13.8 Å². The molecule has 0 spiro atoms. The highest BCUT2D eigenvalue weighted by Gasteiger charge is 2.23. The van der Waals surface area contributed by atoms with Gasteiger partial charge < -0.3 is 0 Å². The molecule has 0 unspecified atom stereocenters. The first-order valence-corrected chi connectivity index (χ1v) is 7.45. The summed E-state index contributed by atoms with van der Waals surface area (Å²) in [5, 5.41) is 9.42. The van der Waals surface area contributed by atoms with Crippen molar-refractivity contribution in [1.82, 2.24) is 4.98 Å². The lowest BCUT2D eigenvalue weighted by Gasteiger charge is -2.07. The molecule has 4 nitrogen and oxygen atoms in total. The van der Waals surface area contributed by atoms with Crippen LogP contribution < -0.4 is 9.13 Å². The van der Waals surface area contributed by atoms with E-state index in [9.17, 15) is 5.26 Å². The molecular formula is C19H18N4+2. The molecule has 0 saturated carbocycles. The summed E-state index contributed by atoms with van der Waals surface area (Å²) in [7, 11) is 1.96. The van der Waals surface area contributed by atoms with Crippen LogP contribution >= 0.6 is 0 Å². The van der Waals surface area contributed by atoms with E-state index < -0.39 is 0 Å². The minimum Gasteiger partial charge on any atom is -0.233 e. The van der Waals surface area contributed by atoms with Gasteiger partial charge in [-0.25, -0.2) is 4.57 Å². The second-order valence-electron chi connectivity index (χ2n) is 5.55. The molecule has 2 heterocycles. The van der Waals surface area contributed by atoms with Gasteiger partial charge in [-0.3, -0.25) is 0 Å². The Morgan fingerprint density at radius 2 is 1.91 bits per heavy atom. The third-order valence-electron chi connectivity index (χ3n) is 4.00. The molecule has 0 amide bonds. The van der Waals surface area contributed by atoms with E-state index in [1.807, 2.05) is 54.3 Å². The summed E-state index contributed by atoms with van der Waals surface area (Å²) in [4.78, 5) is 4.49. The quantitative estimate of drug-likeness (QED) is 0.682. The maximum atomic E-state index is 9.42. The average molecular weight is 302 g/mol. The van der Waals surface area contributed by atoms with Crippen molar-refractivity contribution < 1.29 is 9.13 Å². The van der Waals surface area contributed by atoms with Gasteiger partial charge in [-0.1, -0.05) is 6.07 Å². The lowest BCUT2D eigenvalue weighted by Crippen LogP contribution is -2.36. The fourth-order valence-electron chi connectivity index (χ4n) is 2.75. The van der Waals surface area contributed by atoms with Gasteiger partial charge in [0.15, 0.2) is 11.9 Å². The molecule has 4 heteroatoms. The van der Waals surface area contributed by atoms with Gasteiger partial charge in [-0.15, -0.1) is 0 Å². The Bertz CT molecular complexity index is 856. The molecular weight excluding hydrogens is 284 g/mol. The van der Waals surface area contributed by atoms with E-state index in [1.54, 1.807) is 6.20 Å². The Kier molecular flexibility index (Phi) is 3.86. The van der Waals surface area contributed by atoms with Crippen LogP contribution in [-0.2, 0) is 7.05 Å². The zero-order valence-electron chi connectivity index (χ0n) is 13.5. The van der Waals surface area contributed by atoms with Gasteiger partial charge in [-0.05, 0) is 18.0 Å². The lowest BCUT2D eigenvalue weighted by atomic mass is 10.0. The number of hydrogen-bond donors (Lipinski definition) is 0. The molecule has 0 aliphatic rings. The highest BCUT2D eigenvalue weighted by molar-refractivity contribution is 5.65. The van der Waals surface area contributed by atoms with Crippen LogP contribution in [0.1, 0.15) is 16.8 Å². The molecule has 0 fully saturated rings. The molecule has 0 atom stereocenters. The van der Waals surface area contributed by atoms with Crippen molar-refractivity contribution in [3.05, 3.63) is 71.8 Å². The maximum Gasteiger partial charge on any atom is 0.330 e. The zero-order valence-corrected chi connectivity index (χ0v) is 13.5. The summed E-state index contributed by atoms with van der Waals surface area (Å²) in [5.74, 6) is 0.845. The van der Waals surface area contributed by atoms with Crippen LogP contribution in [0.3, 0.4) is 0 Å². The molecule has 23 heavy (non-hydrogen) atoms. The topological polar surface area (TPSA) is 44.4 Å². The van der Waals surface area contributed by atoms with Crippen LogP contribution in [0, 0.1) is 25.2 Å². The predicted octanol–water partition coefficient (Wildman–Crippen LogP) is 2.34. The number of benzene rings is 1. The first-order chi connectivity index (χ1) is 11.1. The normalized spacial score (nSPS) is 10.3. The van der Waals surface area contributed by atoms with E-state index in [0.717, 1.165) is 28.3 Å². The van der Waals surface area contributed by atoms with Crippen molar-refractivity contribution in [2.75, 3.05) is 0 Å². The minimum atomic E-state index is 0.627. The number of hydrogen-bond acceptors (Lipinski definition) is 2. The molecule has 0 saturated heterocycles. The fraction of sp³-hybridized carbons (Fsp3) is 0.158. The Morgan fingerprint density at radius 1 is 1.09 bits per heavy atom. The molecule has 1 aromatic carbocycles. The van der Waals surface area contributed by atoms with E-state index in [4.69, 9.17) is 0 Å². The van der Waals surface area contributed by atoms with Crippen LogP contribution in [0.2, 0.25) is 0 Å². The smallest absolute Gasteiger partial charge is 0.233 e. The van der Waals surface area contributed by atoms with Gasteiger partial charge in [0.25, 0.3) is 0 Å². The van der Waals surface area contributed by atoms with Crippen LogP contribution in [0.25, 0.3) is 17.1 Å². The summed E-state index contributed by atoms with van der Waals surface area (Å²) >= 11 is 0. The zero-order chi connectivity index (χ0) is 16.4. The van der Waals surface area contributed by atoms with Gasteiger partial charge in [0, 0.05) is 36.8 Å². The van der Waals surface area contributed by atoms with Gasteiger partial charge >= 0.3 is 5.82 Å². The van der Waals surface area contributed by atoms with E-state index in [0.29, 0.717) is 5.56 Å². The Hall–Kier alpha value is -3.06. The van der Waals surface area contributed by atoms with Gasteiger partial charge in [-0.2, -0.15) is 9.83 Å². The maximum absolute atomic E-state index is 9.42. The molecule has 112 valence electrons. The van der Waals surface area contributed by atoms with E-state index in [1.165, 1.54) is 0 Å². The van der Waals surface area contributed by atoms with E-state index in [2.05, 4.69) is 35.5 Å². The van der Waals surface area contributed by atoms with Gasteiger partial charge in [0.2, 0.25) is 5.69 Å². The summed E-state index contributed by atoms with van der Waals surface area (Å²) < 4.78 is 4.07. The summed E-state index contributed by atoms with van der Waals surface area (Å²) in [5.41, 5.74) is 4.81. The highest BCUT2D eigenvalue weighted by atomic mass is 15.0. The largest absolute Gasteiger partial charge is 0.330 e. The molecule has 0 N–H and O–H groups in total. The summed E-state index contributed by atoms with van der Waals surface area (Å²) in [6.45, 7) is 4.12. The van der Waals surface area contributed by atoms with Gasteiger partial charge in [0.05, 0.1) is 30.4 Å². The molecule has 0 bridgehead atoms. The number of pyridine rings is 1. The predicted molar refractivity (Wildman–Crippen MR) is 86.6 cm³/mol. The lowest BCUT2D eigenvalue weighted by molar-refractivity contribution is -0.663. The van der Waals surface area contributed by atoms with Gasteiger partial charge in [0.1, 0.15) is 6.20 Å². The van der Waals surface area contributed by atoms with Crippen molar-refractivity contribution in [3.63, 3.8) is 0 Å². The molecule has 3 rings (SSSR count). The summed E-state index contributed by atoms with van der Waals surface area (Å²) in [6, 6.07) is 14.0. The third kappa shape index (κ3) is 2.69. The average Bonchev–Trinajstić information content (AvgIpc) is 2.57. The van der Waals surface area contributed by atoms with Crippen LogP contribution in [-0.4, -0.2) is 4.98 Å². The monoisotopic (exact) mass is 302 g/mol. The Balaban J connectivity index is 2.32. The third-order valence-corrected chi connectivity index (χ3v) is 4.00. The van der Waals surface area contributed by atoms with E-state index >= 15 is 0 Å². The second-order valence-corrected chi connectivity index (χ2v) is 5.55. The van der Waals surface area contributed by atoms with Crippen molar-refractivity contribution in [3.8, 4) is 23.1 Å². The molecule has 0 radical (unpaired) electrons. The fourth-order valence-corrected chi connectivity index (χ4v) is 2.75. The minimum absolute atomic E-state index is 0.627. The van der Waals surface area contributed by atoms with Crippen molar-refractivity contribution in [2.24, 2.45) is 7.05 Å². The number of nitriles is 1. The first-order valence-electron chi connectivity index (χ1n) is 7.45. The second kappa shape index (κ2) is 5.98.